The first kappa shape index (κ1) is 13.2. The number of piperazine rings is 1. The molecule has 0 aromatic heterocycles. The molecule has 4 heteroatoms. The van der Waals surface area contributed by atoms with Gasteiger partial charge in [-0.25, -0.2) is 0 Å². The molecule has 1 aromatic rings. The van der Waals surface area contributed by atoms with E-state index in [9.17, 15) is 0 Å². The van der Waals surface area contributed by atoms with Crippen molar-refractivity contribution in [3.8, 4) is 0 Å². The number of hydrogen-bond acceptors (Lipinski definition) is 3. The summed E-state index contributed by atoms with van der Waals surface area (Å²) < 4.78 is 0. The minimum Gasteiger partial charge on any atom is -0.397 e. The Morgan fingerprint density at radius 2 is 1.89 bits per heavy atom. The largest absolute Gasteiger partial charge is 0.397 e. The third kappa shape index (κ3) is 3.04. The number of nitrogens with zero attached hydrogens (tertiary/aromatic N) is 2. The maximum absolute atomic E-state index is 6.16. The van der Waals surface area contributed by atoms with Crippen molar-refractivity contribution in [1.29, 1.82) is 0 Å². The molecule has 2 fully saturated rings. The number of anilines is 1. The van der Waals surface area contributed by atoms with E-state index in [1.54, 1.807) is 0 Å². The summed E-state index contributed by atoms with van der Waals surface area (Å²) in [7, 11) is 0. The lowest BCUT2D eigenvalue weighted by atomic mass is 10.1. The van der Waals surface area contributed by atoms with Crippen molar-refractivity contribution >= 4 is 17.3 Å². The SMILES string of the molecule is Cc1cc(CN2CCN(C3CC3)CC2)cc(Cl)c1N. The molecule has 3 rings (SSSR count). The summed E-state index contributed by atoms with van der Waals surface area (Å²) >= 11 is 6.16. The van der Waals surface area contributed by atoms with Gasteiger partial charge in [0.05, 0.1) is 10.7 Å². The predicted octanol–water partition coefficient (Wildman–Crippen LogP) is 2.51. The number of nitrogens with two attached hydrogens (primary N) is 1. The number of benzene rings is 1. The molecule has 1 heterocycles. The Hall–Kier alpha value is -0.770. The van der Waals surface area contributed by atoms with Gasteiger partial charge in [0.25, 0.3) is 0 Å². The molecule has 104 valence electrons. The second-order valence-corrected chi connectivity index (χ2v) is 6.26. The Labute approximate surface area is 120 Å². The molecule has 0 radical (unpaired) electrons. The fourth-order valence-electron chi connectivity index (χ4n) is 2.90. The van der Waals surface area contributed by atoms with Crippen LogP contribution < -0.4 is 5.73 Å². The highest BCUT2D eigenvalue weighted by atomic mass is 35.5. The van der Waals surface area contributed by atoms with E-state index < -0.39 is 0 Å². The summed E-state index contributed by atoms with van der Waals surface area (Å²) in [5.74, 6) is 0. The Balaban J connectivity index is 1.59. The van der Waals surface area contributed by atoms with Crippen LogP contribution in [0.4, 0.5) is 5.69 Å². The first-order valence-electron chi connectivity index (χ1n) is 7.14. The van der Waals surface area contributed by atoms with Crippen molar-refractivity contribution in [2.75, 3.05) is 31.9 Å². The van der Waals surface area contributed by atoms with Crippen molar-refractivity contribution in [2.24, 2.45) is 0 Å². The Morgan fingerprint density at radius 1 is 1.21 bits per heavy atom. The van der Waals surface area contributed by atoms with Crippen LogP contribution in [-0.4, -0.2) is 42.0 Å². The van der Waals surface area contributed by atoms with Crippen LogP contribution in [0, 0.1) is 6.92 Å². The van der Waals surface area contributed by atoms with E-state index in [0.717, 1.165) is 31.2 Å². The van der Waals surface area contributed by atoms with Gasteiger partial charge in [0.2, 0.25) is 0 Å². The van der Waals surface area contributed by atoms with E-state index in [1.165, 1.54) is 31.5 Å². The maximum Gasteiger partial charge on any atom is 0.0641 e. The molecule has 1 aliphatic heterocycles. The zero-order valence-corrected chi connectivity index (χ0v) is 12.3. The monoisotopic (exact) mass is 279 g/mol. The minimum absolute atomic E-state index is 0.687. The zero-order valence-electron chi connectivity index (χ0n) is 11.5. The Bertz CT molecular complexity index is 439. The molecule has 0 unspecified atom stereocenters. The average Bonchev–Trinajstić information content (AvgIpc) is 3.21. The lowest BCUT2D eigenvalue weighted by Gasteiger charge is -2.34. The van der Waals surface area contributed by atoms with Gasteiger partial charge < -0.3 is 5.73 Å². The smallest absolute Gasteiger partial charge is 0.0641 e. The van der Waals surface area contributed by atoms with Gasteiger partial charge in [0.1, 0.15) is 0 Å². The van der Waals surface area contributed by atoms with Crippen LogP contribution in [0.25, 0.3) is 0 Å². The molecule has 3 nitrogen and oxygen atoms in total. The van der Waals surface area contributed by atoms with Crippen molar-refractivity contribution < 1.29 is 0 Å². The number of rotatable bonds is 3. The minimum atomic E-state index is 0.687. The molecule has 19 heavy (non-hydrogen) atoms. The first-order chi connectivity index (χ1) is 9.13. The number of halogens is 1. The fourth-order valence-corrected chi connectivity index (χ4v) is 3.19. The van der Waals surface area contributed by atoms with Crippen LogP contribution in [0.2, 0.25) is 5.02 Å². The Kier molecular flexibility index (Phi) is 3.70. The summed E-state index contributed by atoms with van der Waals surface area (Å²) in [4.78, 5) is 5.15. The normalized spacial score (nSPS) is 21.8. The molecule has 1 saturated carbocycles. The third-order valence-corrected chi connectivity index (χ3v) is 4.59. The van der Waals surface area contributed by atoms with Crippen molar-refractivity contribution in [2.45, 2.75) is 32.4 Å². The summed E-state index contributed by atoms with van der Waals surface area (Å²) in [6, 6.07) is 5.07. The molecule has 0 bridgehead atoms. The summed E-state index contributed by atoms with van der Waals surface area (Å²) in [5.41, 5.74) is 8.96. The molecule has 0 amide bonds. The van der Waals surface area contributed by atoms with Crippen molar-refractivity contribution in [3.05, 3.63) is 28.3 Å². The molecule has 1 aliphatic carbocycles. The van der Waals surface area contributed by atoms with Gasteiger partial charge in [-0.2, -0.15) is 0 Å². The fraction of sp³-hybridized carbons (Fsp3) is 0.600. The van der Waals surface area contributed by atoms with Crippen molar-refractivity contribution in [3.63, 3.8) is 0 Å². The molecule has 1 saturated heterocycles. The van der Waals surface area contributed by atoms with Crippen LogP contribution >= 0.6 is 11.6 Å². The van der Waals surface area contributed by atoms with Gasteiger partial charge >= 0.3 is 0 Å². The number of nitrogen functional groups attached to an aromatic ring is 1. The van der Waals surface area contributed by atoms with E-state index >= 15 is 0 Å². The lowest BCUT2D eigenvalue weighted by molar-refractivity contribution is 0.121. The number of hydrogen-bond donors (Lipinski definition) is 1. The quantitative estimate of drug-likeness (QED) is 0.863. The van der Waals surface area contributed by atoms with Crippen LogP contribution in [0.15, 0.2) is 12.1 Å². The lowest BCUT2D eigenvalue weighted by Crippen LogP contribution is -2.46. The van der Waals surface area contributed by atoms with Gasteiger partial charge in [0.15, 0.2) is 0 Å². The maximum atomic E-state index is 6.16. The second kappa shape index (κ2) is 5.31. The average molecular weight is 280 g/mol. The summed E-state index contributed by atoms with van der Waals surface area (Å²) in [5, 5.41) is 0.687. The molecule has 2 N–H and O–H groups in total. The highest BCUT2D eigenvalue weighted by Crippen LogP contribution is 2.28. The third-order valence-electron chi connectivity index (χ3n) is 4.27. The van der Waals surface area contributed by atoms with Gasteiger partial charge in [0, 0.05) is 38.8 Å². The predicted molar refractivity (Wildman–Crippen MR) is 80.5 cm³/mol. The molecule has 1 aromatic carbocycles. The zero-order chi connectivity index (χ0) is 13.4. The van der Waals surface area contributed by atoms with E-state index in [0.29, 0.717) is 10.7 Å². The first-order valence-corrected chi connectivity index (χ1v) is 7.52. The topological polar surface area (TPSA) is 32.5 Å². The van der Waals surface area contributed by atoms with Gasteiger partial charge in [-0.1, -0.05) is 17.7 Å². The summed E-state index contributed by atoms with van der Waals surface area (Å²) in [6.45, 7) is 7.77. The van der Waals surface area contributed by atoms with E-state index in [4.69, 9.17) is 17.3 Å². The molecular weight excluding hydrogens is 258 g/mol. The highest BCUT2D eigenvalue weighted by molar-refractivity contribution is 6.33. The van der Waals surface area contributed by atoms with Gasteiger partial charge in [-0.3, -0.25) is 9.80 Å². The van der Waals surface area contributed by atoms with Gasteiger partial charge in [-0.05, 0) is 37.0 Å². The van der Waals surface area contributed by atoms with Gasteiger partial charge in [-0.15, -0.1) is 0 Å². The van der Waals surface area contributed by atoms with Crippen LogP contribution in [0.3, 0.4) is 0 Å². The van der Waals surface area contributed by atoms with Crippen LogP contribution in [0.1, 0.15) is 24.0 Å². The molecular formula is C15H22ClN3. The highest BCUT2D eigenvalue weighted by Gasteiger charge is 2.31. The molecule has 0 atom stereocenters. The standard InChI is InChI=1S/C15H22ClN3/c1-11-8-12(9-14(16)15(11)17)10-18-4-6-19(7-5-18)13-2-3-13/h8-9,13H,2-7,10,17H2,1H3. The van der Waals surface area contributed by atoms with Crippen LogP contribution in [-0.2, 0) is 6.54 Å². The van der Waals surface area contributed by atoms with E-state index in [2.05, 4.69) is 15.9 Å². The summed E-state index contributed by atoms with van der Waals surface area (Å²) in [6.07, 6.45) is 2.82. The molecule has 0 spiro atoms. The van der Waals surface area contributed by atoms with Crippen molar-refractivity contribution in [1.82, 2.24) is 9.80 Å². The van der Waals surface area contributed by atoms with Crippen LogP contribution in [0.5, 0.6) is 0 Å². The second-order valence-electron chi connectivity index (χ2n) is 5.85. The van der Waals surface area contributed by atoms with E-state index in [1.807, 2.05) is 13.0 Å². The Morgan fingerprint density at radius 3 is 2.47 bits per heavy atom. The van der Waals surface area contributed by atoms with E-state index in [-0.39, 0.29) is 0 Å². The molecule has 2 aliphatic rings. The number of aryl methyl sites for hydroxylation is 1.